The Kier molecular flexibility index (Phi) is 5.35. The van der Waals surface area contributed by atoms with Crippen LogP contribution in [0.4, 0.5) is 0 Å². The molecule has 3 N–H and O–H groups in total. The zero-order valence-corrected chi connectivity index (χ0v) is 10.2. The van der Waals surface area contributed by atoms with E-state index < -0.39 is 5.97 Å². The fraction of sp³-hybridized carbons (Fsp3) is 0.417. The van der Waals surface area contributed by atoms with Gasteiger partial charge in [0.15, 0.2) is 0 Å². The Labute approximate surface area is 100 Å². The Morgan fingerprint density at radius 1 is 1.50 bits per heavy atom. The van der Waals surface area contributed by atoms with E-state index >= 15 is 0 Å². The van der Waals surface area contributed by atoms with Crippen molar-refractivity contribution in [3.63, 3.8) is 0 Å². The van der Waals surface area contributed by atoms with E-state index in [0.29, 0.717) is 18.0 Å². The molecule has 0 aliphatic heterocycles. The quantitative estimate of drug-likeness (QED) is 0.799. The summed E-state index contributed by atoms with van der Waals surface area (Å²) in [5.41, 5.74) is 6.80. The van der Waals surface area contributed by atoms with Crippen LogP contribution in [0, 0.1) is 5.92 Å². The average Bonchev–Trinajstić information content (AvgIpc) is 2.29. The molecule has 1 aromatic rings. The van der Waals surface area contributed by atoms with E-state index in [1.165, 1.54) is 0 Å². The molecule has 0 aliphatic carbocycles. The van der Waals surface area contributed by atoms with E-state index in [-0.39, 0.29) is 0 Å². The van der Waals surface area contributed by atoms with Crippen LogP contribution < -0.4 is 5.73 Å². The number of carboxylic acids is 1. The number of carbonyl (C=O) groups is 1. The van der Waals surface area contributed by atoms with E-state index in [0.717, 1.165) is 17.1 Å². The lowest BCUT2D eigenvalue weighted by Gasteiger charge is -2.09. The summed E-state index contributed by atoms with van der Waals surface area (Å²) in [5.74, 6) is 1.31. The molecule has 1 aromatic carbocycles. The number of thioether (sulfide) groups is 1. The summed E-state index contributed by atoms with van der Waals surface area (Å²) in [7, 11) is 0. The third kappa shape index (κ3) is 3.87. The number of carboxylic acid groups (broad SMARTS) is 1. The molecule has 4 heteroatoms. The number of nitrogens with two attached hydrogens (primary N) is 1. The van der Waals surface area contributed by atoms with Crippen LogP contribution >= 0.6 is 11.8 Å². The van der Waals surface area contributed by atoms with Crippen LogP contribution in [-0.2, 0) is 5.75 Å². The summed E-state index contributed by atoms with van der Waals surface area (Å²) >= 11 is 1.73. The second kappa shape index (κ2) is 6.55. The van der Waals surface area contributed by atoms with Gasteiger partial charge in [0.05, 0.1) is 5.56 Å². The topological polar surface area (TPSA) is 63.3 Å². The maximum absolute atomic E-state index is 10.9. The fourth-order valence-corrected chi connectivity index (χ4v) is 2.42. The Bertz CT molecular complexity index is 355. The molecule has 0 radical (unpaired) electrons. The van der Waals surface area contributed by atoms with Gasteiger partial charge < -0.3 is 10.8 Å². The maximum Gasteiger partial charge on any atom is 0.335 e. The Balaban J connectivity index is 2.56. The summed E-state index contributed by atoms with van der Waals surface area (Å²) < 4.78 is 0. The van der Waals surface area contributed by atoms with E-state index in [9.17, 15) is 4.79 Å². The van der Waals surface area contributed by atoms with Crippen molar-refractivity contribution in [3.05, 3.63) is 35.4 Å². The molecule has 16 heavy (non-hydrogen) atoms. The molecule has 0 bridgehead atoms. The highest BCUT2D eigenvalue weighted by Gasteiger charge is 2.09. The summed E-state index contributed by atoms with van der Waals surface area (Å²) in [6, 6.07) is 7.13. The Morgan fingerprint density at radius 3 is 2.81 bits per heavy atom. The third-order valence-corrected chi connectivity index (χ3v) is 3.63. The van der Waals surface area contributed by atoms with Crippen molar-refractivity contribution in [1.82, 2.24) is 0 Å². The van der Waals surface area contributed by atoms with Gasteiger partial charge in [-0.15, -0.1) is 0 Å². The van der Waals surface area contributed by atoms with Crippen molar-refractivity contribution in [2.75, 3.05) is 12.3 Å². The fourth-order valence-electron chi connectivity index (χ4n) is 1.29. The van der Waals surface area contributed by atoms with E-state index in [1.807, 2.05) is 12.1 Å². The monoisotopic (exact) mass is 239 g/mol. The first-order valence-electron chi connectivity index (χ1n) is 5.24. The zero-order valence-electron chi connectivity index (χ0n) is 9.35. The van der Waals surface area contributed by atoms with Crippen LogP contribution in [-0.4, -0.2) is 23.4 Å². The minimum atomic E-state index is -0.858. The average molecular weight is 239 g/mol. The van der Waals surface area contributed by atoms with Crippen LogP contribution in [0.5, 0.6) is 0 Å². The van der Waals surface area contributed by atoms with Crippen molar-refractivity contribution in [2.45, 2.75) is 12.7 Å². The van der Waals surface area contributed by atoms with Gasteiger partial charge in [0.25, 0.3) is 0 Å². The smallest absolute Gasteiger partial charge is 0.335 e. The van der Waals surface area contributed by atoms with Crippen LogP contribution in [0.1, 0.15) is 22.8 Å². The summed E-state index contributed by atoms with van der Waals surface area (Å²) in [6.45, 7) is 2.77. The highest BCUT2D eigenvalue weighted by atomic mass is 32.2. The van der Waals surface area contributed by atoms with Crippen LogP contribution in [0.2, 0.25) is 0 Å². The van der Waals surface area contributed by atoms with Crippen LogP contribution in [0.25, 0.3) is 0 Å². The molecule has 0 aromatic heterocycles. The summed E-state index contributed by atoms with van der Waals surface area (Å²) in [5, 5.41) is 8.99. The summed E-state index contributed by atoms with van der Waals surface area (Å²) in [4.78, 5) is 10.9. The number of hydrogen-bond donors (Lipinski definition) is 2. The molecule has 0 fully saturated rings. The normalized spacial score (nSPS) is 12.4. The predicted molar refractivity (Wildman–Crippen MR) is 67.8 cm³/mol. The van der Waals surface area contributed by atoms with Gasteiger partial charge in [-0.3, -0.25) is 0 Å². The van der Waals surface area contributed by atoms with Gasteiger partial charge in [-0.2, -0.15) is 11.8 Å². The second-order valence-electron chi connectivity index (χ2n) is 3.82. The standard InChI is InChI=1S/C12H17NO2S/c1-9(6-13)7-16-8-10-4-2-3-5-11(10)12(14)15/h2-5,9H,6-8,13H2,1H3,(H,14,15). The molecule has 0 aliphatic rings. The van der Waals surface area contributed by atoms with Gasteiger partial charge in [0, 0.05) is 5.75 Å². The number of rotatable bonds is 6. The molecule has 0 saturated heterocycles. The molecule has 1 unspecified atom stereocenters. The van der Waals surface area contributed by atoms with Crippen molar-refractivity contribution in [1.29, 1.82) is 0 Å². The second-order valence-corrected chi connectivity index (χ2v) is 4.85. The SMILES string of the molecule is CC(CN)CSCc1ccccc1C(=O)O. The van der Waals surface area contributed by atoms with Gasteiger partial charge in [-0.25, -0.2) is 4.79 Å². The molecular formula is C12H17NO2S. The lowest BCUT2D eigenvalue weighted by molar-refractivity contribution is 0.0696. The number of aromatic carboxylic acids is 1. The van der Waals surface area contributed by atoms with Crippen molar-refractivity contribution >= 4 is 17.7 Å². The maximum atomic E-state index is 10.9. The molecule has 0 heterocycles. The largest absolute Gasteiger partial charge is 0.478 e. The molecule has 1 atom stereocenters. The Morgan fingerprint density at radius 2 is 2.19 bits per heavy atom. The minimum Gasteiger partial charge on any atom is -0.478 e. The lowest BCUT2D eigenvalue weighted by Crippen LogP contribution is -2.13. The third-order valence-electron chi connectivity index (χ3n) is 2.31. The lowest BCUT2D eigenvalue weighted by atomic mass is 10.1. The highest BCUT2D eigenvalue weighted by molar-refractivity contribution is 7.98. The zero-order chi connectivity index (χ0) is 12.0. The molecule has 0 amide bonds. The van der Waals surface area contributed by atoms with Crippen LogP contribution in [0.3, 0.4) is 0 Å². The molecule has 0 spiro atoms. The van der Waals surface area contributed by atoms with Crippen molar-refractivity contribution in [2.24, 2.45) is 11.7 Å². The molecule has 0 saturated carbocycles. The Hall–Kier alpha value is -1.00. The predicted octanol–water partition coefficient (Wildman–Crippen LogP) is 2.21. The van der Waals surface area contributed by atoms with Gasteiger partial charge in [0.1, 0.15) is 0 Å². The minimum absolute atomic E-state index is 0.399. The first-order chi connectivity index (χ1) is 7.65. The van der Waals surface area contributed by atoms with E-state index in [2.05, 4.69) is 6.92 Å². The molecule has 1 rings (SSSR count). The molecular weight excluding hydrogens is 222 g/mol. The van der Waals surface area contributed by atoms with Gasteiger partial charge >= 0.3 is 5.97 Å². The number of hydrogen-bond acceptors (Lipinski definition) is 3. The van der Waals surface area contributed by atoms with Crippen molar-refractivity contribution < 1.29 is 9.90 Å². The number of benzene rings is 1. The van der Waals surface area contributed by atoms with E-state index in [4.69, 9.17) is 10.8 Å². The molecule has 88 valence electrons. The van der Waals surface area contributed by atoms with Crippen molar-refractivity contribution in [3.8, 4) is 0 Å². The first kappa shape index (κ1) is 13.1. The van der Waals surface area contributed by atoms with Gasteiger partial charge in [-0.1, -0.05) is 25.1 Å². The first-order valence-corrected chi connectivity index (χ1v) is 6.39. The van der Waals surface area contributed by atoms with Gasteiger partial charge in [0.2, 0.25) is 0 Å². The molecule has 3 nitrogen and oxygen atoms in total. The van der Waals surface area contributed by atoms with E-state index in [1.54, 1.807) is 23.9 Å². The highest BCUT2D eigenvalue weighted by Crippen LogP contribution is 2.18. The van der Waals surface area contributed by atoms with Gasteiger partial charge in [-0.05, 0) is 29.8 Å². The van der Waals surface area contributed by atoms with Crippen LogP contribution in [0.15, 0.2) is 24.3 Å². The summed E-state index contributed by atoms with van der Waals surface area (Å²) in [6.07, 6.45) is 0.